The van der Waals surface area contributed by atoms with Crippen LogP contribution in [0.5, 0.6) is 11.5 Å². The predicted octanol–water partition coefficient (Wildman–Crippen LogP) is 3.20. The van der Waals surface area contributed by atoms with Crippen molar-refractivity contribution < 1.29 is 9.47 Å². The number of benzene rings is 1. The third-order valence-electron chi connectivity index (χ3n) is 3.88. The zero-order chi connectivity index (χ0) is 16.5. The number of pyridine rings is 1. The quantitative estimate of drug-likeness (QED) is 0.579. The third-order valence-corrected chi connectivity index (χ3v) is 3.88. The lowest BCUT2D eigenvalue weighted by Gasteiger charge is -2.11. The Morgan fingerprint density at radius 3 is 2.62 bits per heavy atom. The van der Waals surface area contributed by atoms with Gasteiger partial charge in [-0.1, -0.05) is 6.07 Å². The first kappa shape index (κ1) is 14.3. The van der Waals surface area contributed by atoms with Gasteiger partial charge in [-0.05, 0) is 30.3 Å². The number of imidazole rings is 1. The molecule has 0 aliphatic rings. The smallest absolute Gasteiger partial charge is 0.162 e. The van der Waals surface area contributed by atoms with Gasteiger partial charge in [-0.2, -0.15) is 5.10 Å². The highest BCUT2D eigenvalue weighted by atomic mass is 16.5. The number of aromatic nitrogens is 4. The molecular weight excluding hydrogens is 304 g/mol. The molecule has 120 valence electrons. The Balaban J connectivity index is 1.83. The van der Waals surface area contributed by atoms with Crippen LogP contribution in [0.2, 0.25) is 0 Å². The van der Waals surface area contributed by atoms with Gasteiger partial charge < -0.3 is 13.9 Å². The van der Waals surface area contributed by atoms with E-state index in [1.54, 1.807) is 20.4 Å². The van der Waals surface area contributed by atoms with Gasteiger partial charge in [0.05, 0.1) is 31.8 Å². The SMILES string of the molecule is COc1ccc(-n2nccc2-c2cn3ccccc3n2)cc1OC. The Labute approximate surface area is 138 Å². The number of methoxy groups -OCH3 is 2. The normalized spacial score (nSPS) is 10.9. The van der Waals surface area contributed by atoms with Crippen LogP contribution in [0, 0.1) is 0 Å². The van der Waals surface area contributed by atoms with Crippen molar-refractivity contribution in [3.63, 3.8) is 0 Å². The largest absolute Gasteiger partial charge is 0.493 e. The summed E-state index contributed by atoms with van der Waals surface area (Å²) in [6, 6.07) is 13.6. The Morgan fingerprint density at radius 2 is 1.83 bits per heavy atom. The van der Waals surface area contributed by atoms with E-state index < -0.39 is 0 Å². The molecule has 0 saturated carbocycles. The monoisotopic (exact) mass is 320 g/mol. The summed E-state index contributed by atoms with van der Waals surface area (Å²) in [6.45, 7) is 0. The molecule has 0 aliphatic heterocycles. The highest BCUT2D eigenvalue weighted by molar-refractivity contribution is 5.62. The molecule has 0 N–H and O–H groups in total. The summed E-state index contributed by atoms with van der Waals surface area (Å²) >= 11 is 0. The molecule has 0 bridgehead atoms. The maximum Gasteiger partial charge on any atom is 0.162 e. The highest BCUT2D eigenvalue weighted by Gasteiger charge is 2.13. The molecule has 0 amide bonds. The Kier molecular flexibility index (Phi) is 3.42. The van der Waals surface area contributed by atoms with Gasteiger partial charge in [0.2, 0.25) is 0 Å². The molecule has 24 heavy (non-hydrogen) atoms. The first-order valence-electron chi connectivity index (χ1n) is 7.50. The molecule has 0 unspecified atom stereocenters. The Morgan fingerprint density at radius 1 is 0.958 bits per heavy atom. The molecule has 4 rings (SSSR count). The Hall–Kier alpha value is -3.28. The molecule has 3 heterocycles. The van der Waals surface area contributed by atoms with Crippen molar-refractivity contribution in [2.45, 2.75) is 0 Å². The number of ether oxygens (including phenoxy) is 2. The molecule has 0 aliphatic carbocycles. The van der Waals surface area contributed by atoms with Crippen LogP contribution >= 0.6 is 0 Å². The predicted molar refractivity (Wildman–Crippen MR) is 90.9 cm³/mol. The van der Waals surface area contributed by atoms with Gasteiger partial charge in [-0.15, -0.1) is 0 Å². The number of nitrogens with zero attached hydrogens (tertiary/aromatic N) is 4. The molecule has 1 aromatic carbocycles. The fourth-order valence-electron chi connectivity index (χ4n) is 2.72. The van der Waals surface area contributed by atoms with Crippen molar-refractivity contribution in [3.8, 4) is 28.6 Å². The maximum atomic E-state index is 5.38. The van der Waals surface area contributed by atoms with E-state index in [1.807, 2.05) is 63.9 Å². The fourth-order valence-corrected chi connectivity index (χ4v) is 2.72. The molecule has 6 nitrogen and oxygen atoms in total. The molecule has 0 radical (unpaired) electrons. The van der Waals surface area contributed by atoms with Gasteiger partial charge in [0, 0.05) is 18.5 Å². The van der Waals surface area contributed by atoms with Gasteiger partial charge in [0.15, 0.2) is 11.5 Å². The van der Waals surface area contributed by atoms with Gasteiger partial charge >= 0.3 is 0 Å². The third kappa shape index (κ3) is 2.28. The summed E-state index contributed by atoms with van der Waals surface area (Å²) in [6.07, 6.45) is 5.72. The van der Waals surface area contributed by atoms with E-state index in [4.69, 9.17) is 9.47 Å². The van der Waals surface area contributed by atoms with E-state index >= 15 is 0 Å². The van der Waals surface area contributed by atoms with E-state index in [9.17, 15) is 0 Å². The van der Waals surface area contributed by atoms with Crippen molar-refractivity contribution in [3.05, 3.63) is 61.1 Å². The fraction of sp³-hybridized carbons (Fsp3) is 0.111. The molecular formula is C18H16N4O2. The van der Waals surface area contributed by atoms with Crippen molar-refractivity contribution in [2.75, 3.05) is 14.2 Å². The highest BCUT2D eigenvalue weighted by Crippen LogP contribution is 2.30. The number of rotatable bonds is 4. The van der Waals surface area contributed by atoms with Crippen LogP contribution in [-0.2, 0) is 0 Å². The van der Waals surface area contributed by atoms with Crippen molar-refractivity contribution in [1.82, 2.24) is 19.2 Å². The molecule has 4 aromatic rings. The summed E-state index contributed by atoms with van der Waals surface area (Å²) in [5.41, 5.74) is 3.54. The van der Waals surface area contributed by atoms with Gasteiger partial charge in [0.25, 0.3) is 0 Å². The minimum atomic E-state index is 0.659. The van der Waals surface area contributed by atoms with Crippen molar-refractivity contribution >= 4 is 5.65 Å². The zero-order valence-electron chi connectivity index (χ0n) is 13.4. The topological polar surface area (TPSA) is 53.6 Å². The summed E-state index contributed by atoms with van der Waals surface area (Å²) in [5.74, 6) is 1.34. The standard InChI is InChI=1S/C18H16N4O2/c1-23-16-7-6-13(11-17(16)24-2)22-15(8-9-19-22)14-12-21-10-4-3-5-18(21)20-14/h3-12H,1-2H3. The van der Waals surface area contributed by atoms with Crippen LogP contribution in [0.1, 0.15) is 0 Å². The zero-order valence-corrected chi connectivity index (χ0v) is 13.4. The molecule has 6 heteroatoms. The van der Waals surface area contributed by atoms with E-state index in [0.717, 1.165) is 22.7 Å². The minimum Gasteiger partial charge on any atom is -0.493 e. The summed E-state index contributed by atoms with van der Waals surface area (Å²) in [7, 11) is 3.24. The van der Waals surface area contributed by atoms with Crippen molar-refractivity contribution in [1.29, 1.82) is 0 Å². The van der Waals surface area contributed by atoms with Crippen LogP contribution in [0.4, 0.5) is 0 Å². The number of hydrogen-bond donors (Lipinski definition) is 0. The minimum absolute atomic E-state index is 0.659. The second kappa shape index (κ2) is 5.73. The molecule has 0 atom stereocenters. The number of fused-ring (bicyclic) bond motifs is 1. The second-order valence-electron chi connectivity index (χ2n) is 5.26. The van der Waals surface area contributed by atoms with E-state index in [2.05, 4.69) is 10.1 Å². The lowest BCUT2D eigenvalue weighted by atomic mass is 10.2. The van der Waals surface area contributed by atoms with Gasteiger partial charge in [-0.25, -0.2) is 9.67 Å². The van der Waals surface area contributed by atoms with Crippen LogP contribution in [0.3, 0.4) is 0 Å². The first-order chi connectivity index (χ1) is 11.8. The van der Waals surface area contributed by atoms with Gasteiger partial charge in [0.1, 0.15) is 11.3 Å². The molecule has 0 fully saturated rings. The molecule has 0 spiro atoms. The summed E-state index contributed by atoms with van der Waals surface area (Å²) in [5, 5.41) is 4.43. The van der Waals surface area contributed by atoms with Crippen LogP contribution < -0.4 is 9.47 Å². The van der Waals surface area contributed by atoms with E-state index in [-0.39, 0.29) is 0 Å². The maximum absolute atomic E-state index is 5.38. The van der Waals surface area contributed by atoms with Crippen molar-refractivity contribution in [2.24, 2.45) is 0 Å². The molecule has 0 saturated heterocycles. The average Bonchev–Trinajstić information content (AvgIpc) is 3.27. The average molecular weight is 320 g/mol. The lowest BCUT2D eigenvalue weighted by Crippen LogP contribution is -2.00. The van der Waals surface area contributed by atoms with Crippen LogP contribution in [0.15, 0.2) is 61.1 Å². The second-order valence-corrected chi connectivity index (χ2v) is 5.26. The lowest BCUT2D eigenvalue weighted by molar-refractivity contribution is 0.355. The van der Waals surface area contributed by atoms with E-state index in [0.29, 0.717) is 11.5 Å². The van der Waals surface area contributed by atoms with Crippen LogP contribution in [-0.4, -0.2) is 33.4 Å². The summed E-state index contributed by atoms with van der Waals surface area (Å²) in [4.78, 5) is 4.66. The number of hydrogen-bond acceptors (Lipinski definition) is 4. The molecule has 3 aromatic heterocycles. The first-order valence-corrected chi connectivity index (χ1v) is 7.50. The van der Waals surface area contributed by atoms with Gasteiger partial charge in [-0.3, -0.25) is 0 Å². The summed E-state index contributed by atoms with van der Waals surface area (Å²) < 4.78 is 14.5. The van der Waals surface area contributed by atoms with Crippen LogP contribution in [0.25, 0.3) is 22.7 Å². The Bertz CT molecular complexity index is 970. The van der Waals surface area contributed by atoms with E-state index in [1.165, 1.54) is 0 Å².